The number of nitrogens with zero attached hydrogens (tertiary/aromatic N) is 2. The van der Waals surface area contributed by atoms with E-state index in [2.05, 4.69) is 16.5 Å². The molecular weight excluding hydrogens is 398 g/mol. The number of rotatable bonds is 4. The first-order chi connectivity index (χ1) is 14.2. The minimum absolute atomic E-state index is 0.0471. The number of anilines is 1. The van der Waals surface area contributed by atoms with Crippen LogP contribution in [0.5, 0.6) is 0 Å². The van der Waals surface area contributed by atoms with Crippen molar-refractivity contribution in [3.8, 4) is 11.3 Å². The molecular formula is C23H25N3O3S. The zero-order chi connectivity index (χ0) is 21.5. The van der Waals surface area contributed by atoms with E-state index in [1.54, 1.807) is 10.7 Å². The van der Waals surface area contributed by atoms with Crippen molar-refractivity contribution < 1.29 is 13.2 Å². The maximum absolute atomic E-state index is 12.9. The number of carbonyl (C=O) groups excluding carboxylic acids is 1. The second kappa shape index (κ2) is 7.72. The smallest absolute Gasteiger partial charge is 0.276 e. The summed E-state index contributed by atoms with van der Waals surface area (Å²) in [6, 6.07) is 15.1. The third-order valence-electron chi connectivity index (χ3n) is 5.60. The first kappa shape index (κ1) is 20.3. The van der Waals surface area contributed by atoms with Gasteiger partial charge in [0.05, 0.1) is 23.2 Å². The van der Waals surface area contributed by atoms with E-state index in [1.165, 1.54) is 5.56 Å². The molecule has 0 bridgehead atoms. The lowest BCUT2D eigenvalue weighted by Gasteiger charge is -2.14. The number of aromatic nitrogens is 2. The first-order valence-corrected chi connectivity index (χ1v) is 11.8. The number of amides is 1. The summed E-state index contributed by atoms with van der Waals surface area (Å²) in [5.74, 6) is -0.120. The van der Waals surface area contributed by atoms with Crippen molar-refractivity contribution in [2.75, 3.05) is 16.8 Å². The van der Waals surface area contributed by atoms with Crippen molar-refractivity contribution >= 4 is 21.4 Å². The van der Waals surface area contributed by atoms with Gasteiger partial charge in [0, 0.05) is 11.3 Å². The quantitative estimate of drug-likeness (QED) is 0.685. The first-order valence-electron chi connectivity index (χ1n) is 9.97. The molecule has 7 heteroatoms. The van der Waals surface area contributed by atoms with Crippen LogP contribution in [-0.2, 0) is 9.84 Å². The fraction of sp³-hybridized carbons (Fsp3) is 0.304. The Morgan fingerprint density at radius 3 is 2.53 bits per heavy atom. The molecule has 156 valence electrons. The number of aryl methyl sites for hydroxylation is 3. The highest BCUT2D eigenvalue weighted by Crippen LogP contribution is 2.31. The van der Waals surface area contributed by atoms with Crippen molar-refractivity contribution in [3.63, 3.8) is 0 Å². The molecule has 0 saturated carbocycles. The second-order valence-corrected chi connectivity index (χ2v) is 10.3. The van der Waals surface area contributed by atoms with Crippen LogP contribution in [0.15, 0.2) is 48.5 Å². The number of carbonyl (C=O) groups is 1. The van der Waals surface area contributed by atoms with Crippen LogP contribution in [0.25, 0.3) is 11.3 Å². The molecule has 1 saturated heterocycles. The highest BCUT2D eigenvalue weighted by Gasteiger charge is 2.32. The zero-order valence-electron chi connectivity index (χ0n) is 17.3. The van der Waals surface area contributed by atoms with E-state index >= 15 is 0 Å². The fourth-order valence-electron chi connectivity index (χ4n) is 3.79. The minimum Gasteiger partial charge on any atom is -0.321 e. The van der Waals surface area contributed by atoms with Crippen molar-refractivity contribution in [3.05, 3.63) is 70.9 Å². The van der Waals surface area contributed by atoms with Gasteiger partial charge >= 0.3 is 0 Å². The van der Waals surface area contributed by atoms with Crippen LogP contribution in [-0.4, -0.2) is 35.6 Å². The standard InChI is InChI=1S/C23H25N3O3S/c1-15-5-4-6-19(11-15)24-23(27)21-13-22(18-8-7-16(2)17(3)12-18)26(25-21)20-9-10-30(28,29)14-20/h4-8,11-13,20H,9-10,14H2,1-3H3,(H,24,27)/t20-/m1/s1. The van der Waals surface area contributed by atoms with Crippen molar-refractivity contribution in [1.29, 1.82) is 0 Å². The van der Waals surface area contributed by atoms with E-state index < -0.39 is 9.84 Å². The summed E-state index contributed by atoms with van der Waals surface area (Å²) in [6.07, 6.45) is 0.501. The lowest BCUT2D eigenvalue weighted by molar-refractivity contribution is 0.102. The second-order valence-electron chi connectivity index (χ2n) is 8.04. The predicted octanol–water partition coefficient (Wildman–Crippen LogP) is 4.09. The molecule has 1 atom stereocenters. The Balaban J connectivity index is 1.73. The third-order valence-corrected chi connectivity index (χ3v) is 7.35. The molecule has 1 aliphatic heterocycles. The zero-order valence-corrected chi connectivity index (χ0v) is 18.2. The highest BCUT2D eigenvalue weighted by atomic mass is 32.2. The monoisotopic (exact) mass is 423 g/mol. The van der Waals surface area contributed by atoms with Gasteiger partial charge in [-0.15, -0.1) is 0 Å². The third kappa shape index (κ3) is 4.16. The van der Waals surface area contributed by atoms with E-state index in [0.717, 1.165) is 22.4 Å². The summed E-state index contributed by atoms with van der Waals surface area (Å²) in [4.78, 5) is 12.9. The van der Waals surface area contributed by atoms with Crippen LogP contribution in [0.1, 0.15) is 39.6 Å². The Bertz CT molecular complexity index is 1230. The molecule has 0 aliphatic carbocycles. The number of sulfone groups is 1. The van der Waals surface area contributed by atoms with E-state index in [1.807, 2.05) is 57.2 Å². The number of hydrogen-bond donors (Lipinski definition) is 1. The highest BCUT2D eigenvalue weighted by molar-refractivity contribution is 7.91. The summed E-state index contributed by atoms with van der Waals surface area (Å²) in [5.41, 5.74) is 6.00. The molecule has 2 heterocycles. The molecule has 4 rings (SSSR count). The normalized spacial score (nSPS) is 17.8. The lowest BCUT2D eigenvalue weighted by atomic mass is 10.0. The Hall–Kier alpha value is -2.93. The Labute approximate surface area is 176 Å². The van der Waals surface area contributed by atoms with Crippen LogP contribution in [0.4, 0.5) is 5.69 Å². The van der Waals surface area contributed by atoms with Gasteiger partial charge < -0.3 is 5.32 Å². The van der Waals surface area contributed by atoms with Gasteiger partial charge in [-0.25, -0.2) is 8.42 Å². The van der Waals surface area contributed by atoms with E-state index in [0.29, 0.717) is 12.1 Å². The van der Waals surface area contributed by atoms with Gasteiger partial charge in [-0.1, -0.05) is 24.3 Å². The van der Waals surface area contributed by atoms with E-state index in [9.17, 15) is 13.2 Å². The Kier molecular flexibility index (Phi) is 5.24. The van der Waals surface area contributed by atoms with Gasteiger partial charge in [0.15, 0.2) is 15.5 Å². The molecule has 0 spiro atoms. The topological polar surface area (TPSA) is 81.1 Å². The van der Waals surface area contributed by atoms with Crippen LogP contribution < -0.4 is 5.32 Å². The maximum atomic E-state index is 12.9. The molecule has 30 heavy (non-hydrogen) atoms. The van der Waals surface area contributed by atoms with Gasteiger partial charge in [0.2, 0.25) is 0 Å². The molecule has 1 N–H and O–H groups in total. The average molecular weight is 424 g/mol. The van der Waals surface area contributed by atoms with Gasteiger partial charge in [0.1, 0.15) is 0 Å². The van der Waals surface area contributed by atoms with Crippen molar-refractivity contribution in [2.24, 2.45) is 0 Å². The lowest BCUT2D eigenvalue weighted by Crippen LogP contribution is -2.16. The molecule has 0 unspecified atom stereocenters. The average Bonchev–Trinajstić information content (AvgIpc) is 3.27. The van der Waals surface area contributed by atoms with Gasteiger partial charge in [-0.2, -0.15) is 5.10 Å². The Morgan fingerprint density at radius 2 is 1.87 bits per heavy atom. The van der Waals surface area contributed by atoms with Crippen LogP contribution >= 0.6 is 0 Å². The molecule has 1 amide bonds. The number of nitrogens with one attached hydrogen (secondary N) is 1. The summed E-state index contributed by atoms with van der Waals surface area (Å²) in [6.45, 7) is 6.04. The number of benzene rings is 2. The predicted molar refractivity (Wildman–Crippen MR) is 119 cm³/mol. The summed E-state index contributed by atoms with van der Waals surface area (Å²) in [5, 5.41) is 7.43. The molecule has 3 aromatic rings. The fourth-order valence-corrected chi connectivity index (χ4v) is 5.48. The Morgan fingerprint density at radius 1 is 1.07 bits per heavy atom. The van der Waals surface area contributed by atoms with Gasteiger partial charge in [0.25, 0.3) is 5.91 Å². The molecule has 1 fully saturated rings. The molecule has 1 aliphatic rings. The van der Waals surface area contributed by atoms with E-state index in [4.69, 9.17) is 0 Å². The molecule has 1 aromatic heterocycles. The molecule has 6 nitrogen and oxygen atoms in total. The van der Waals surface area contributed by atoms with Crippen LogP contribution in [0.2, 0.25) is 0 Å². The number of hydrogen-bond acceptors (Lipinski definition) is 4. The van der Waals surface area contributed by atoms with E-state index in [-0.39, 0.29) is 29.1 Å². The van der Waals surface area contributed by atoms with Gasteiger partial charge in [-0.05, 0) is 68.1 Å². The summed E-state index contributed by atoms with van der Waals surface area (Å²) in [7, 11) is -3.08. The van der Waals surface area contributed by atoms with Crippen LogP contribution in [0.3, 0.4) is 0 Å². The van der Waals surface area contributed by atoms with Crippen molar-refractivity contribution in [1.82, 2.24) is 9.78 Å². The largest absolute Gasteiger partial charge is 0.321 e. The summed E-state index contributed by atoms with van der Waals surface area (Å²) >= 11 is 0. The molecule has 0 radical (unpaired) electrons. The maximum Gasteiger partial charge on any atom is 0.276 e. The van der Waals surface area contributed by atoms with Crippen molar-refractivity contribution in [2.45, 2.75) is 33.2 Å². The summed E-state index contributed by atoms with van der Waals surface area (Å²) < 4.78 is 25.8. The van der Waals surface area contributed by atoms with Crippen LogP contribution in [0, 0.1) is 20.8 Å². The minimum atomic E-state index is -3.08. The van der Waals surface area contributed by atoms with Gasteiger partial charge in [-0.3, -0.25) is 9.48 Å². The molecule has 2 aromatic carbocycles. The SMILES string of the molecule is Cc1cccc(NC(=O)c2cc(-c3ccc(C)c(C)c3)n([C@@H]3CCS(=O)(=O)C3)n2)c1.